The fraction of sp³-hybridized carbons (Fsp3) is 0.333. The van der Waals surface area contributed by atoms with E-state index in [2.05, 4.69) is 19.2 Å². The number of benzene rings is 3. The number of fused-ring (bicyclic) bond motifs is 1. The molecule has 194 valence electrons. The molecule has 4 rings (SSSR count). The minimum atomic E-state index is -1.08. The van der Waals surface area contributed by atoms with Crippen LogP contribution >= 0.6 is 0 Å². The molecule has 2 N–H and O–H groups in total. The van der Waals surface area contributed by atoms with Crippen LogP contribution in [-0.2, 0) is 24.2 Å². The molecule has 0 fully saturated rings. The molecule has 0 spiro atoms. The quantitative estimate of drug-likeness (QED) is 0.363. The molecule has 0 bridgehead atoms. The van der Waals surface area contributed by atoms with Gasteiger partial charge in [0.1, 0.15) is 24.7 Å². The van der Waals surface area contributed by atoms with E-state index >= 15 is 0 Å². The van der Waals surface area contributed by atoms with Crippen molar-refractivity contribution in [1.82, 2.24) is 5.32 Å². The molecule has 0 saturated heterocycles. The summed E-state index contributed by atoms with van der Waals surface area (Å²) in [6.45, 7) is 6.10. The van der Waals surface area contributed by atoms with Crippen molar-refractivity contribution in [1.29, 1.82) is 0 Å². The lowest BCUT2D eigenvalue weighted by Gasteiger charge is -2.22. The molecule has 0 unspecified atom stereocenters. The molecule has 37 heavy (non-hydrogen) atoms. The van der Waals surface area contributed by atoms with Crippen molar-refractivity contribution in [2.75, 3.05) is 13.7 Å². The van der Waals surface area contributed by atoms with E-state index < -0.39 is 12.5 Å². The highest BCUT2D eigenvalue weighted by molar-refractivity contribution is 5.98. The molecule has 7 heteroatoms. The van der Waals surface area contributed by atoms with Crippen LogP contribution < -0.4 is 19.5 Å². The highest BCUT2D eigenvalue weighted by Gasteiger charge is 2.27. The summed E-state index contributed by atoms with van der Waals surface area (Å²) in [5, 5.41) is 11.4. The van der Waals surface area contributed by atoms with Crippen LogP contribution in [0.2, 0.25) is 0 Å². The van der Waals surface area contributed by atoms with E-state index in [1.54, 1.807) is 13.2 Å². The van der Waals surface area contributed by atoms with Gasteiger partial charge in [0.05, 0.1) is 7.11 Å². The average Bonchev–Trinajstić information content (AvgIpc) is 3.37. The standard InChI is InChI=1S/C30H33NO6/c1-18(2)27-24(36-17-20-9-6-5-7-10-20)13-14-25(29(27)35-4)37-28-19(3)15-23(21-11-8-12-22(21)28)30(34)31-16-26(32)33/h5-7,9-10,13-15,18H,8,11-12,16-17H2,1-4H3,(H,31,34)(H,32,33). The molecule has 0 saturated carbocycles. The third-order valence-corrected chi connectivity index (χ3v) is 6.53. The Balaban J connectivity index is 1.67. The first-order valence-corrected chi connectivity index (χ1v) is 12.5. The zero-order valence-electron chi connectivity index (χ0n) is 21.7. The van der Waals surface area contributed by atoms with Crippen molar-refractivity contribution in [3.63, 3.8) is 0 Å². The normalized spacial score (nSPS) is 12.2. The fourth-order valence-corrected chi connectivity index (χ4v) is 4.86. The van der Waals surface area contributed by atoms with E-state index in [1.807, 2.05) is 49.4 Å². The predicted molar refractivity (Wildman–Crippen MR) is 141 cm³/mol. The van der Waals surface area contributed by atoms with Crippen molar-refractivity contribution < 1.29 is 28.9 Å². The number of carboxylic acid groups (broad SMARTS) is 1. The van der Waals surface area contributed by atoms with E-state index in [0.717, 1.165) is 52.8 Å². The summed E-state index contributed by atoms with van der Waals surface area (Å²) in [5.74, 6) is 1.33. The number of carbonyl (C=O) groups is 2. The summed E-state index contributed by atoms with van der Waals surface area (Å²) < 4.78 is 18.6. The van der Waals surface area contributed by atoms with Gasteiger partial charge in [0.25, 0.3) is 5.91 Å². The van der Waals surface area contributed by atoms with E-state index in [1.165, 1.54) is 0 Å². The van der Waals surface area contributed by atoms with Crippen molar-refractivity contribution in [3.05, 3.63) is 81.9 Å². The lowest BCUT2D eigenvalue weighted by Crippen LogP contribution is -2.30. The van der Waals surface area contributed by atoms with Crippen LogP contribution in [0.5, 0.6) is 23.0 Å². The maximum Gasteiger partial charge on any atom is 0.322 e. The van der Waals surface area contributed by atoms with Crippen molar-refractivity contribution in [2.24, 2.45) is 0 Å². The molecule has 0 aliphatic heterocycles. The SMILES string of the molecule is COc1c(Oc2c(C)cc(C(=O)NCC(=O)O)c3c2CCC3)ccc(OCc2ccccc2)c1C(C)C. The molecule has 1 aliphatic rings. The van der Waals surface area contributed by atoms with Crippen molar-refractivity contribution >= 4 is 11.9 Å². The van der Waals surface area contributed by atoms with Gasteiger partial charge in [-0.25, -0.2) is 0 Å². The van der Waals surface area contributed by atoms with Gasteiger partial charge in [-0.3, -0.25) is 9.59 Å². The van der Waals surface area contributed by atoms with Gasteiger partial charge >= 0.3 is 5.97 Å². The molecule has 0 heterocycles. The summed E-state index contributed by atoms with van der Waals surface area (Å²) in [5.41, 5.74) is 5.22. The number of carbonyl (C=O) groups excluding carboxylic acids is 1. The molecule has 0 atom stereocenters. The molecule has 1 aliphatic carbocycles. The van der Waals surface area contributed by atoms with E-state index in [-0.39, 0.29) is 11.8 Å². The fourth-order valence-electron chi connectivity index (χ4n) is 4.86. The average molecular weight is 504 g/mol. The maximum absolute atomic E-state index is 12.7. The number of nitrogens with one attached hydrogen (secondary N) is 1. The van der Waals surface area contributed by atoms with Crippen LogP contribution in [0.15, 0.2) is 48.5 Å². The number of rotatable bonds is 10. The Bertz CT molecular complexity index is 1300. The Labute approximate surface area is 217 Å². The number of carboxylic acids is 1. The van der Waals surface area contributed by atoms with Gasteiger partial charge in [0.2, 0.25) is 0 Å². The minimum absolute atomic E-state index is 0.122. The second-order valence-corrected chi connectivity index (χ2v) is 9.50. The topological polar surface area (TPSA) is 94.1 Å². The Hall–Kier alpha value is -4.00. The molecule has 0 radical (unpaired) electrons. The van der Waals surface area contributed by atoms with Gasteiger partial charge < -0.3 is 24.6 Å². The van der Waals surface area contributed by atoms with Gasteiger partial charge in [-0.05, 0) is 72.6 Å². The second-order valence-electron chi connectivity index (χ2n) is 9.50. The summed E-state index contributed by atoms with van der Waals surface area (Å²) in [6.07, 6.45) is 2.42. The first-order valence-electron chi connectivity index (χ1n) is 12.5. The van der Waals surface area contributed by atoms with Crippen molar-refractivity contribution in [3.8, 4) is 23.0 Å². The first kappa shape index (κ1) is 26.1. The highest BCUT2D eigenvalue weighted by atomic mass is 16.5. The number of methoxy groups -OCH3 is 1. The largest absolute Gasteiger partial charge is 0.492 e. The maximum atomic E-state index is 12.7. The van der Waals surface area contributed by atoms with Crippen LogP contribution in [0.3, 0.4) is 0 Å². The van der Waals surface area contributed by atoms with E-state index in [0.29, 0.717) is 29.4 Å². The van der Waals surface area contributed by atoms with E-state index in [4.69, 9.17) is 19.3 Å². The van der Waals surface area contributed by atoms with Gasteiger partial charge in [0.15, 0.2) is 11.5 Å². The molecule has 3 aromatic carbocycles. The van der Waals surface area contributed by atoms with Crippen molar-refractivity contribution in [2.45, 2.75) is 52.6 Å². The Morgan fingerprint density at radius 3 is 2.38 bits per heavy atom. The number of amides is 1. The van der Waals surface area contributed by atoms with Gasteiger partial charge in [-0.2, -0.15) is 0 Å². The number of hydrogen-bond donors (Lipinski definition) is 2. The van der Waals surface area contributed by atoms with Gasteiger partial charge in [-0.15, -0.1) is 0 Å². The zero-order valence-corrected chi connectivity index (χ0v) is 21.7. The third-order valence-electron chi connectivity index (χ3n) is 6.53. The number of aliphatic carboxylic acids is 1. The third kappa shape index (κ3) is 5.71. The monoisotopic (exact) mass is 503 g/mol. The summed E-state index contributed by atoms with van der Waals surface area (Å²) >= 11 is 0. The molecule has 1 amide bonds. The van der Waals surface area contributed by atoms with Crippen LogP contribution in [-0.4, -0.2) is 30.6 Å². The van der Waals surface area contributed by atoms with Crippen LogP contribution in [0.1, 0.15) is 64.4 Å². The second kappa shape index (κ2) is 11.4. The smallest absolute Gasteiger partial charge is 0.322 e. The van der Waals surface area contributed by atoms with Crippen LogP contribution in [0, 0.1) is 6.92 Å². The Morgan fingerprint density at radius 2 is 1.70 bits per heavy atom. The first-order chi connectivity index (χ1) is 17.8. The van der Waals surface area contributed by atoms with E-state index in [9.17, 15) is 9.59 Å². The minimum Gasteiger partial charge on any atom is -0.492 e. The number of aryl methyl sites for hydroxylation is 1. The molecule has 0 aromatic heterocycles. The Kier molecular flexibility index (Phi) is 8.01. The molecule has 3 aromatic rings. The summed E-state index contributed by atoms with van der Waals surface area (Å²) in [4.78, 5) is 23.6. The predicted octanol–water partition coefficient (Wildman–Crippen LogP) is 5.80. The van der Waals surface area contributed by atoms with Crippen LogP contribution in [0.4, 0.5) is 0 Å². The molecule has 7 nitrogen and oxygen atoms in total. The number of ether oxygens (including phenoxy) is 3. The summed E-state index contributed by atoms with van der Waals surface area (Å²) in [6, 6.07) is 15.6. The summed E-state index contributed by atoms with van der Waals surface area (Å²) in [7, 11) is 1.63. The lowest BCUT2D eigenvalue weighted by atomic mass is 9.97. The number of hydrogen-bond acceptors (Lipinski definition) is 5. The lowest BCUT2D eigenvalue weighted by molar-refractivity contribution is -0.135. The molecular weight excluding hydrogens is 470 g/mol. The van der Waals surface area contributed by atoms with Crippen LogP contribution in [0.25, 0.3) is 0 Å². The zero-order chi connectivity index (χ0) is 26.5. The highest BCUT2D eigenvalue weighted by Crippen LogP contribution is 2.46. The van der Waals surface area contributed by atoms with Gasteiger partial charge in [-0.1, -0.05) is 44.2 Å². The van der Waals surface area contributed by atoms with Gasteiger partial charge in [0, 0.05) is 11.1 Å². The Morgan fingerprint density at radius 1 is 1.00 bits per heavy atom. The molecular formula is C30H33NO6.